The first-order chi connectivity index (χ1) is 10.1. The lowest BCUT2D eigenvalue weighted by molar-refractivity contribution is -0.133. The first-order valence-corrected chi connectivity index (χ1v) is 7.21. The average Bonchev–Trinajstić information content (AvgIpc) is 2.84. The predicted molar refractivity (Wildman–Crippen MR) is 77.7 cm³/mol. The molecule has 1 aliphatic rings. The number of carbonyl (C=O) groups excluding carboxylic acids is 1. The number of likely N-dealkylation sites (tertiary alicyclic amines) is 1. The van der Waals surface area contributed by atoms with Crippen molar-refractivity contribution in [3.05, 3.63) is 22.9 Å². The van der Waals surface area contributed by atoms with E-state index in [0.717, 1.165) is 25.9 Å². The maximum absolute atomic E-state index is 12.3. The van der Waals surface area contributed by atoms with Crippen LogP contribution in [0.5, 0.6) is 0 Å². The van der Waals surface area contributed by atoms with Crippen LogP contribution in [0.25, 0.3) is 11.0 Å². The normalized spacial score (nSPS) is 19.1. The first-order valence-electron chi connectivity index (χ1n) is 7.21. The Morgan fingerprint density at radius 1 is 1.48 bits per heavy atom. The van der Waals surface area contributed by atoms with E-state index in [0.29, 0.717) is 17.0 Å². The van der Waals surface area contributed by atoms with Crippen LogP contribution in [0.15, 0.2) is 17.3 Å². The summed E-state index contributed by atoms with van der Waals surface area (Å²) in [5.41, 5.74) is 0.321. The molecule has 1 unspecified atom stereocenters. The predicted octanol–water partition coefficient (Wildman–Crippen LogP) is 0.389. The molecule has 2 aromatic rings. The third-order valence-electron chi connectivity index (χ3n) is 4.03. The van der Waals surface area contributed by atoms with Gasteiger partial charge in [-0.1, -0.05) is 6.92 Å². The van der Waals surface area contributed by atoms with E-state index in [4.69, 9.17) is 0 Å². The van der Waals surface area contributed by atoms with Crippen molar-refractivity contribution in [3.8, 4) is 0 Å². The van der Waals surface area contributed by atoms with Gasteiger partial charge in [0.1, 0.15) is 18.3 Å². The second-order valence-corrected chi connectivity index (χ2v) is 5.77. The maximum Gasteiger partial charge on any atom is 0.264 e. The quantitative estimate of drug-likeness (QED) is 0.801. The summed E-state index contributed by atoms with van der Waals surface area (Å²) in [7, 11) is 1.74. The number of piperidine rings is 1. The van der Waals surface area contributed by atoms with Crippen LogP contribution in [0.4, 0.5) is 0 Å². The molecule has 21 heavy (non-hydrogen) atoms. The lowest BCUT2D eigenvalue weighted by Crippen LogP contribution is -2.42. The molecule has 0 bridgehead atoms. The van der Waals surface area contributed by atoms with Crippen molar-refractivity contribution in [1.82, 2.24) is 24.2 Å². The van der Waals surface area contributed by atoms with Crippen LogP contribution < -0.4 is 5.56 Å². The summed E-state index contributed by atoms with van der Waals surface area (Å²) in [5, 5.41) is 4.47. The van der Waals surface area contributed by atoms with Gasteiger partial charge in [-0.25, -0.2) is 4.98 Å². The van der Waals surface area contributed by atoms with Gasteiger partial charge in [0.05, 0.1) is 6.20 Å². The van der Waals surface area contributed by atoms with Crippen LogP contribution in [0.1, 0.15) is 19.8 Å². The zero-order chi connectivity index (χ0) is 15.0. The van der Waals surface area contributed by atoms with Crippen molar-refractivity contribution in [3.63, 3.8) is 0 Å². The highest BCUT2D eigenvalue weighted by Gasteiger charge is 2.21. The molecule has 1 aliphatic heterocycles. The summed E-state index contributed by atoms with van der Waals surface area (Å²) in [4.78, 5) is 30.7. The smallest absolute Gasteiger partial charge is 0.264 e. The molecule has 7 nitrogen and oxygen atoms in total. The highest BCUT2D eigenvalue weighted by molar-refractivity contribution is 5.77. The Balaban J connectivity index is 1.83. The molecule has 1 saturated heterocycles. The van der Waals surface area contributed by atoms with Crippen LogP contribution >= 0.6 is 0 Å². The zero-order valence-corrected chi connectivity index (χ0v) is 12.3. The number of fused-ring (bicyclic) bond motifs is 1. The Kier molecular flexibility index (Phi) is 3.48. The van der Waals surface area contributed by atoms with E-state index in [2.05, 4.69) is 17.0 Å². The molecule has 3 rings (SSSR count). The highest BCUT2D eigenvalue weighted by atomic mass is 16.2. The molecule has 1 atom stereocenters. The Morgan fingerprint density at radius 2 is 2.29 bits per heavy atom. The molecule has 0 aliphatic carbocycles. The van der Waals surface area contributed by atoms with Gasteiger partial charge in [-0.15, -0.1) is 0 Å². The van der Waals surface area contributed by atoms with E-state index >= 15 is 0 Å². The Hall–Kier alpha value is -2.18. The molecule has 0 N–H and O–H groups in total. The van der Waals surface area contributed by atoms with E-state index < -0.39 is 0 Å². The second kappa shape index (κ2) is 5.31. The first kappa shape index (κ1) is 13.8. The fourth-order valence-electron chi connectivity index (χ4n) is 2.84. The number of carbonyl (C=O) groups is 1. The molecule has 1 amide bonds. The SMILES string of the molecule is CC1CCCN(C(=O)Cn2cnc3c(cnn3C)c2=O)C1. The number of rotatable bonds is 2. The maximum atomic E-state index is 12.3. The number of aromatic nitrogens is 4. The molecule has 0 saturated carbocycles. The fourth-order valence-corrected chi connectivity index (χ4v) is 2.84. The van der Waals surface area contributed by atoms with E-state index in [1.807, 2.05) is 4.90 Å². The second-order valence-electron chi connectivity index (χ2n) is 5.77. The Morgan fingerprint density at radius 3 is 3.05 bits per heavy atom. The number of amides is 1. The number of hydrogen-bond donors (Lipinski definition) is 0. The van der Waals surface area contributed by atoms with Crippen LogP contribution in [0.3, 0.4) is 0 Å². The van der Waals surface area contributed by atoms with Crippen LogP contribution in [-0.2, 0) is 18.4 Å². The van der Waals surface area contributed by atoms with Crippen LogP contribution in [0.2, 0.25) is 0 Å². The summed E-state index contributed by atoms with van der Waals surface area (Å²) in [6.07, 6.45) is 5.11. The van der Waals surface area contributed by atoms with Gasteiger partial charge in [0.2, 0.25) is 5.91 Å². The fraction of sp³-hybridized carbons (Fsp3) is 0.571. The van der Waals surface area contributed by atoms with Gasteiger partial charge in [0, 0.05) is 20.1 Å². The minimum Gasteiger partial charge on any atom is -0.341 e. The number of hydrogen-bond acceptors (Lipinski definition) is 4. The highest BCUT2D eigenvalue weighted by Crippen LogP contribution is 2.15. The molecule has 0 aromatic carbocycles. The summed E-state index contributed by atoms with van der Waals surface area (Å²) in [5.74, 6) is 0.507. The lowest BCUT2D eigenvalue weighted by atomic mass is 10.0. The van der Waals surface area contributed by atoms with E-state index in [-0.39, 0.29) is 18.0 Å². The topological polar surface area (TPSA) is 73.0 Å². The Bertz CT molecular complexity index is 733. The molecule has 112 valence electrons. The van der Waals surface area contributed by atoms with E-state index in [9.17, 15) is 9.59 Å². The van der Waals surface area contributed by atoms with Gasteiger partial charge in [-0.3, -0.25) is 18.8 Å². The molecular formula is C14H19N5O2. The van der Waals surface area contributed by atoms with Crippen molar-refractivity contribution >= 4 is 16.9 Å². The van der Waals surface area contributed by atoms with Gasteiger partial charge in [-0.05, 0) is 18.8 Å². The van der Waals surface area contributed by atoms with Gasteiger partial charge in [0.15, 0.2) is 5.65 Å². The van der Waals surface area contributed by atoms with Gasteiger partial charge < -0.3 is 4.90 Å². The molecule has 0 radical (unpaired) electrons. The third-order valence-corrected chi connectivity index (χ3v) is 4.03. The summed E-state index contributed by atoms with van der Waals surface area (Å²) in [6, 6.07) is 0. The molecule has 2 aromatic heterocycles. The standard InChI is InChI=1S/C14H19N5O2/c1-10-4-3-5-18(7-10)12(20)8-19-9-15-13-11(14(19)21)6-16-17(13)2/h6,9-10H,3-5,7-8H2,1-2H3. The Labute approximate surface area is 122 Å². The molecule has 3 heterocycles. The van der Waals surface area contributed by atoms with E-state index in [1.165, 1.54) is 17.1 Å². The largest absolute Gasteiger partial charge is 0.341 e. The summed E-state index contributed by atoms with van der Waals surface area (Å²) < 4.78 is 2.92. The van der Waals surface area contributed by atoms with E-state index in [1.54, 1.807) is 11.7 Å². The lowest BCUT2D eigenvalue weighted by Gasteiger charge is -2.31. The van der Waals surface area contributed by atoms with Crippen molar-refractivity contribution < 1.29 is 4.79 Å². The van der Waals surface area contributed by atoms with Crippen molar-refractivity contribution in [2.75, 3.05) is 13.1 Å². The third kappa shape index (κ3) is 2.55. The molecule has 7 heteroatoms. The molecule has 0 spiro atoms. The summed E-state index contributed by atoms with van der Waals surface area (Å²) in [6.45, 7) is 3.74. The average molecular weight is 289 g/mol. The molecule has 1 fully saturated rings. The van der Waals surface area contributed by atoms with Crippen LogP contribution in [-0.4, -0.2) is 43.2 Å². The van der Waals surface area contributed by atoms with Gasteiger partial charge in [0.25, 0.3) is 5.56 Å². The van der Waals surface area contributed by atoms with Crippen molar-refractivity contribution in [2.45, 2.75) is 26.3 Å². The van der Waals surface area contributed by atoms with Gasteiger partial charge in [-0.2, -0.15) is 5.10 Å². The van der Waals surface area contributed by atoms with Crippen molar-refractivity contribution in [1.29, 1.82) is 0 Å². The van der Waals surface area contributed by atoms with Crippen molar-refractivity contribution in [2.24, 2.45) is 13.0 Å². The van der Waals surface area contributed by atoms with Gasteiger partial charge >= 0.3 is 0 Å². The summed E-state index contributed by atoms with van der Waals surface area (Å²) >= 11 is 0. The zero-order valence-electron chi connectivity index (χ0n) is 12.3. The minimum absolute atomic E-state index is 0.0197. The molecular weight excluding hydrogens is 270 g/mol. The monoisotopic (exact) mass is 289 g/mol. The van der Waals surface area contributed by atoms with Crippen LogP contribution in [0, 0.1) is 5.92 Å². The number of nitrogens with zero attached hydrogens (tertiary/aromatic N) is 5. The number of aryl methyl sites for hydroxylation is 1. The minimum atomic E-state index is -0.216.